The SMILES string of the molecule is COc1cc(N)ccc1SCC(=O)NC1CCS(=O)(=O)C1. The summed E-state index contributed by atoms with van der Waals surface area (Å²) in [4.78, 5) is 12.7. The Morgan fingerprint density at radius 2 is 2.29 bits per heavy atom. The van der Waals surface area contributed by atoms with E-state index in [0.717, 1.165) is 4.90 Å². The molecule has 116 valence electrons. The number of hydrogen-bond acceptors (Lipinski definition) is 6. The number of carbonyl (C=O) groups excluding carboxylic acids is 1. The zero-order valence-corrected chi connectivity index (χ0v) is 13.3. The highest BCUT2D eigenvalue weighted by atomic mass is 32.2. The summed E-state index contributed by atoms with van der Waals surface area (Å²) >= 11 is 1.33. The topological polar surface area (TPSA) is 98.5 Å². The average Bonchev–Trinajstić information content (AvgIpc) is 2.76. The van der Waals surface area contributed by atoms with Crippen molar-refractivity contribution < 1.29 is 17.9 Å². The molecule has 1 aliphatic heterocycles. The minimum absolute atomic E-state index is 0.0363. The number of nitrogens with two attached hydrogens (primary N) is 1. The summed E-state index contributed by atoms with van der Waals surface area (Å²) in [5.41, 5.74) is 6.26. The van der Waals surface area contributed by atoms with Crippen LogP contribution in [0.15, 0.2) is 23.1 Å². The van der Waals surface area contributed by atoms with E-state index in [2.05, 4.69) is 5.32 Å². The van der Waals surface area contributed by atoms with Crippen LogP contribution in [0, 0.1) is 0 Å². The molecule has 3 N–H and O–H groups in total. The highest BCUT2D eigenvalue weighted by Crippen LogP contribution is 2.30. The van der Waals surface area contributed by atoms with Crippen LogP contribution in [0.5, 0.6) is 5.75 Å². The van der Waals surface area contributed by atoms with Gasteiger partial charge in [-0.3, -0.25) is 4.79 Å². The van der Waals surface area contributed by atoms with E-state index in [9.17, 15) is 13.2 Å². The zero-order valence-electron chi connectivity index (χ0n) is 11.7. The van der Waals surface area contributed by atoms with Crippen LogP contribution >= 0.6 is 11.8 Å². The smallest absolute Gasteiger partial charge is 0.230 e. The number of hydrogen-bond donors (Lipinski definition) is 2. The van der Waals surface area contributed by atoms with Crippen LogP contribution in [0.25, 0.3) is 0 Å². The Labute approximate surface area is 128 Å². The molecule has 0 bridgehead atoms. The van der Waals surface area contributed by atoms with Crippen molar-refractivity contribution in [3.63, 3.8) is 0 Å². The lowest BCUT2D eigenvalue weighted by molar-refractivity contribution is -0.119. The number of nitrogens with one attached hydrogen (secondary N) is 1. The number of ether oxygens (including phenoxy) is 1. The summed E-state index contributed by atoms with van der Waals surface area (Å²) in [5.74, 6) is 0.833. The maximum Gasteiger partial charge on any atom is 0.230 e. The molecule has 1 aliphatic rings. The van der Waals surface area contributed by atoms with Crippen molar-refractivity contribution in [3.8, 4) is 5.75 Å². The molecule has 0 aromatic heterocycles. The highest BCUT2D eigenvalue weighted by molar-refractivity contribution is 8.00. The summed E-state index contributed by atoms with van der Waals surface area (Å²) in [6.07, 6.45) is 0.490. The van der Waals surface area contributed by atoms with Gasteiger partial charge in [-0.2, -0.15) is 0 Å². The molecular weight excluding hydrogens is 312 g/mol. The van der Waals surface area contributed by atoms with E-state index in [1.54, 1.807) is 25.3 Å². The summed E-state index contributed by atoms with van der Waals surface area (Å²) in [6, 6.07) is 4.97. The van der Waals surface area contributed by atoms with Gasteiger partial charge in [-0.15, -0.1) is 11.8 Å². The molecule has 0 radical (unpaired) electrons. The van der Waals surface area contributed by atoms with E-state index in [1.807, 2.05) is 0 Å². The second kappa shape index (κ2) is 6.57. The Bertz CT molecular complexity index is 631. The first-order chi connectivity index (χ1) is 9.89. The normalized spacial score (nSPS) is 20.1. The number of nitrogen functional groups attached to an aromatic ring is 1. The fourth-order valence-corrected chi connectivity index (χ4v) is 4.62. The average molecular weight is 330 g/mol. The van der Waals surface area contributed by atoms with Gasteiger partial charge in [0.1, 0.15) is 5.75 Å². The maximum atomic E-state index is 11.9. The fourth-order valence-electron chi connectivity index (χ4n) is 2.12. The third-order valence-corrected chi connectivity index (χ3v) is 5.97. The van der Waals surface area contributed by atoms with Gasteiger partial charge in [-0.25, -0.2) is 8.42 Å². The van der Waals surface area contributed by atoms with Gasteiger partial charge in [0.05, 0.1) is 24.4 Å². The van der Waals surface area contributed by atoms with Gasteiger partial charge < -0.3 is 15.8 Å². The van der Waals surface area contributed by atoms with Crippen molar-refractivity contribution in [2.24, 2.45) is 0 Å². The van der Waals surface area contributed by atoms with Gasteiger partial charge in [0, 0.05) is 22.7 Å². The maximum absolute atomic E-state index is 11.9. The summed E-state index contributed by atoms with van der Waals surface area (Å²) < 4.78 is 27.9. The third kappa shape index (κ3) is 4.53. The molecule has 0 spiro atoms. The first-order valence-corrected chi connectivity index (χ1v) is 9.26. The van der Waals surface area contributed by atoms with Crippen LogP contribution < -0.4 is 15.8 Å². The van der Waals surface area contributed by atoms with E-state index in [-0.39, 0.29) is 29.2 Å². The molecule has 1 atom stereocenters. The first kappa shape index (κ1) is 16.0. The van der Waals surface area contributed by atoms with Gasteiger partial charge in [-0.1, -0.05) is 0 Å². The van der Waals surface area contributed by atoms with Crippen LogP contribution in [0.2, 0.25) is 0 Å². The predicted molar refractivity (Wildman–Crippen MR) is 83.3 cm³/mol. The Balaban J connectivity index is 1.87. The largest absolute Gasteiger partial charge is 0.496 e. The summed E-state index contributed by atoms with van der Waals surface area (Å²) in [6.45, 7) is 0. The Morgan fingerprint density at radius 3 is 2.90 bits per heavy atom. The van der Waals surface area contributed by atoms with Crippen molar-refractivity contribution in [2.45, 2.75) is 17.4 Å². The van der Waals surface area contributed by atoms with Gasteiger partial charge in [-0.05, 0) is 18.6 Å². The number of anilines is 1. The fraction of sp³-hybridized carbons (Fsp3) is 0.462. The van der Waals surface area contributed by atoms with Gasteiger partial charge in [0.2, 0.25) is 5.91 Å². The standard InChI is InChI=1S/C13H18N2O4S2/c1-19-11-6-9(14)2-3-12(11)20-7-13(16)15-10-4-5-21(17,18)8-10/h2-3,6,10H,4-5,7-8,14H2,1H3,(H,15,16). The lowest BCUT2D eigenvalue weighted by Crippen LogP contribution is -2.36. The molecule has 6 nitrogen and oxygen atoms in total. The van der Waals surface area contributed by atoms with Crippen molar-refractivity contribution >= 4 is 33.2 Å². The number of thioether (sulfide) groups is 1. The van der Waals surface area contributed by atoms with Crippen molar-refractivity contribution in [2.75, 3.05) is 30.1 Å². The van der Waals surface area contributed by atoms with Crippen LogP contribution in [0.1, 0.15) is 6.42 Å². The Morgan fingerprint density at radius 1 is 1.52 bits per heavy atom. The second-order valence-electron chi connectivity index (χ2n) is 4.87. The number of methoxy groups -OCH3 is 1. The molecule has 1 saturated heterocycles. The van der Waals surface area contributed by atoms with Crippen molar-refractivity contribution in [1.29, 1.82) is 0 Å². The van der Waals surface area contributed by atoms with Gasteiger partial charge in [0.25, 0.3) is 0 Å². The minimum atomic E-state index is -2.98. The summed E-state index contributed by atoms with van der Waals surface area (Å²) in [5, 5.41) is 2.75. The number of sulfone groups is 1. The van der Waals surface area contributed by atoms with Crippen molar-refractivity contribution in [1.82, 2.24) is 5.32 Å². The molecule has 1 aromatic rings. The molecule has 21 heavy (non-hydrogen) atoms. The monoisotopic (exact) mass is 330 g/mol. The van der Waals surface area contributed by atoms with Gasteiger partial charge >= 0.3 is 0 Å². The second-order valence-corrected chi connectivity index (χ2v) is 8.11. The Kier molecular flexibility index (Phi) is 5.00. The van der Waals surface area contributed by atoms with E-state index < -0.39 is 9.84 Å². The van der Waals surface area contributed by atoms with E-state index >= 15 is 0 Å². The first-order valence-electron chi connectivity index (χ1n) is 6.46. The minimum Gasteiger partial charge on any atom is -0.496 e. The Hall–Kier alpha value is -1.41. The number of rotatable bonds is 5. The predicted octanol–water partition coefficient (Wildman–Crippen LogP) is 0.673. The lowest BCUT2D eigenvalue weighted by Gasteiger charge is -2.12. The van der Waals surface area contributed by atoms with E-state index in [0.29, 0.717) is 17.9 Å². The molecule has 1 fully saturated rings. The molecule has 2 rings (SSSR count). The van der Waals surface area contributed by atoms with Crippen LogP contribution in [0.4, 0.5) is 5.69 Å². The number of amides is 1. The van der Waals surface area contributed by atoms with Crippen LogP contribution in [0.3, 0.4) is 0 Å². The third-order valence-electron chi connectivity index (χ3n) is 3.14. The number of benzene rings is 1. The quantitative estimate of drug-likeness (QED) is 0.608. The molecule has 1 aromatic carbocycles. The molecular formula is C13H18N2O4S2. The molecule has 1 unspecified atom stereocenters. The van der Waals surface area contributed by atoms with E-state index in [1.165, 1.54) is 11.8 Å². The van der Waals surface area contributed by atoms with Crippen molar-refractivity contribution in [3.05, 3.63) is 18.2 Å². The molecule has 8 heteroatoms. The molecule has 0 aliphatic carbocycles. The van der Waals surface area contributed by atoms with E-state index in [4.69, 9.17) is 10.5 Å². The highest BCUT2D eigenvalue weighted by Gasteiger charge is 2.28. The van der Waals surface area contributed by atoms with Crippen LogP contribution in [-0.4, -0.2) is 44.7 Å². The zero-order chi connectivity index (χ0) is 15.5. The molecule has 1 heterocycles. The lowest BCUT2D eigenvalue weighted by atomic mass is 10.3. The molecule has 1 amide bonds. The van der Waals surface area contributed by atoms with Crippen LogP contribution in [-0.2, 0) is 14.6 Å². The summed E-state index contributed by atoms with van der Waals surface area (Å²) in [7, 11) is -1.44. The molecule has 0 saturated carbocycles. The van der Waals surface area contributed by atoms with Gasteiger partial charge in [0.15, 0.2) is 9.84 Å². The number of carbonyl (C=O) groups is 1.